The number of hydrogen-bond donors (Lipinski definition) is 1. The van der Waals surface area contributed by atoms with Gasteiger partial charge in [0.2, 0.25) is 5.91 Å². The van der Waals surface area contributed by atoms with Crippen molar-refractivity contribution < 1.29 is 4.79 Å². The summed E-state index contributed by atoms with van der Waals surface area (Å²) in [4.78, 5) is 20.0. The molecule has 2 heterocycles. The van der Waals surface area contributed by atoms with E-state index in [1.807, 2.05) is 83.5 Å². The Labute approximate surface area is 172 Å². The van der Waals surface area contributed by atoms with E-state index in [0.29, 0.717) is 5.02 Å². The summed E-state index contributed by atoms with van der Waals surface area (Å²) in [7, 11) is 3.97. The number of benzene rings is 2. The Morgan fingerprint density at radius 1 is 1.14 bits per heavy atom. The van der Waals surface area contributed by atoms with Crippen LogP contribution in [0.1, 0.15) is 5.69 Å². The number of carbonyl (C=O) groups is 1. The van der Waals surface area contributed by atoms with Crippen LogP contribution in [0.3, 0.4) is 0 Å². The number of thiazole rings is 1. The van der Waals surface area contributed by atoms with E-state index in [1.54, 1.807) is 0 Å². The molecule has 2 aromatic carbocycles. The minimum absolute atomic E-state index is 0.0564. The predicted molar refractivity (Wildman–Crippen MR) is 117 cm³/mol. The Kier molecular flexibility index (Phi) is 5.07. The Bertz CT molecular complexity index is 1110. The number of nitrogens with one attached hydrogen (secondary N) is 1. The highest BCUT2D eigenvalue weighted by Gasteiger charge is 2.13. The highest BCUT2D eigenvalue weighted by atomic mass is 35.5. The van der Waals surface area contributed by atoms with E-state index in [4.69, 9.17) is 11.6 Å². The largest absolute Gasteiger partial charge is 0.378 e. The summed E-state index contributed by atoms with van der Waals surface area (Å²) in [6.07, 6.45) is 2.25. The summed E-state index contributed by atoms with van der Waals surface area (Å²) in [5.74, 6) is -0.0564. The van der Waals surface area contributed by atoms with Crippen LogP contribution in [-0.2, 0) is 11.2 Å². The van der Waals surface area contributed by atoms with Crippen molar-refractivity contribution in [2.45, 2.75) is 6.42 Å². The first-order chi connectivity index (χ1) is 13.5. The molecule has 0 saturated heterocycles. The number of carbonyl (C=O) groups excluding carboxylic acids is 1. The topological polar surface area (TPSA) is 49.6 Å². The Hall–Kier alpha value is -2.83. The van der Waals surface area contributed by atoms with Crippen LogP contribution >= 0.6 is 22.9 Å². The standard InChI is InChI=1S/C21H19ClN4OS/c1-25(2)17-9-7-16(8-10-17)23-20(27)11-18-13-28-21-24-19(12-26(18)21)14-3-5-15(22)6-4-14/h3-10,12-13H,11H2,1-2H3,(H,23,27). The maximum atomic E-state index is 12.5. The van der Waals surface area contributed by atoms with Crippen LogP contribution in [-0.4, -0.2) is 29.4 Å². The lowest BCUT2D eigenvalue weighted by molar-refractivity contribution is -0.115. The van der Waals surface area contributed by atoms with Crippen molar-refractivity contribution in [3.8, 4) is 11.3 Å². The monoisotopic (exact) mass is 410 g/mol. The van der Waals surface area contributed by atoms with Gasteiger partial charge in [-0.05, 0) is 36.4 Å². The molecule has 28 heavy (non-hydrogen) atoms. The summed E-state index contributed by atoms with van der Waals surface area (Å²) in [5, 5.41) is 5.62. The fourth-order valence-corrected chi connectivity index (χ4v) is 3.93. The van der Waals surface area contributed by atoms with Crippen molar-refractivity contribution in [1.82, 2.24) is 9.38 Å². The van der Waals surface area contributed by atoms with Gasteiger partial charge in [0, 0.05) is 53.3 Å². The van der Waals surface area contributed by atoms with E-state index in [9.17, 15) is 4.79 Å². The lowest BCUT2D eigenvalue weighted by Crippen LogP contribution is -2.15. The van der Waals surface area contributed by atoms with Crippen molar-refractivity contribution in [2.24, 2.45) is 0 Å². The Balaban J connectivity index is 1.49. The molecule has 142 valence electrons. The number of amides is 1. The molecule has 1 amide bonds. The van der Waals surface area contributed by atoms with Gasteiger partial charge in [-0.3, -0.25) is 9.20 Å². The summed E-state index contributed by atoms with van der Waals surface area (Å²) in [6.45, 7) is 0. The van der Waals surface area contributed by atoms with Crippen LogP contribution in [0.4, 0.5) is 11.4 Å². The van der Waals surface area contributed by atoms with Crippen molar-refractivity contribution in [3.63, 3.8) is 0 Å². The number of nitrogens with zero attached hydrogens (tertiary/aromatic N) is 3. The number of hydrogen-bond acceptors (Lipinski definition) is 4. The molecule has 0 saturated carbocycles. The molecule has 4 rings (SSSR count). The Morgan fingerprint density at radius 3 is 2.54 bits per heavy atom. The molecule has 0 fully saturated rings. The van der Waals surface area contributed by atoms with Crippen molar-refractivity contribution >= 4 is 45.2 Å². The number of anilines is 2. The third-order valence-corrected chi connectivity index (χ3v) is 5.57. The van der Waals surface area contributed by atoms with Gasteiger partial charge in [0.15, 0.2) is 4.96 Å². The molecule has 0 unspecified atom stereocenters. The maximum absolute atomic E-state index is 12.5. The SMILES string of the molecule is CN(C)c1ccc(NC(=O)Cc2csc3nc(-c4ccc(Cl)cc4)cn23)cc1. The van der Waals surface area contributed by atoms with Gasteiger partial charge in [0.05, 0.1) is 12.1 Å². The molecule has 0 aliphatic rings. The predicted octanol–water partition coefficient (Wildman–Crippen LogP) is 4.96. The fourth-order valence-electron chi connectivity index (χ4n) is 2.93. The average molecular weight is 411 g/mol. The van der Waals surface area contributed by atoms with Crippen molar-refractivity contribution in [2.75, 3.05) is 24.3 Å². The number of rotatable bonds is 5. The molecule has 0 aliphatic carbocycles. The summed E-state index contributed by atoms with van der Waals surface area (Å²) >= 11 is 7.49. The highest BCUT2D eigenvalue weighted by Crippen LogP contribution is 2.25. The van der Waals surface area contributed by atoms with Gasteiger partial charge in [-0.15, -0.1) is 11.3 Å². The van der Waals surface area contributed by atoms with Crippen LogP contribution in [0.25, 0.3) is 16.2 Å². The lowest BCUT2D eigenvalue weighted by Gasteiger charge is -2.13. The lowest BCUT2D eigenvalue weighted by atomic mass is 10.2. The van der Waals surface area contributed by atoms with Crippen LogP contribution in [0, 0.1) is 0 Å². The third kappa shape index (κ3) is 3.88. The molecular formula is C21H19ClN4OS. The first-order valence-electron chi connectivity index (χ1n) is 8.78. The van der Waals surface area contributed by atoms with Gasteiger partial charge in [0.25, 0.3) is 0 Å². The van der Waals surface area contributed by atoms with Gasteiger partial charge >= 0.3 is 0 Å². The van der Waals surface area contributed by atoms with E-state index in [-0.39, 0.29) is 12.3 Å². The van der Waals surface area contributed by atoms with Crippen LogP contribution in [0.5, 0.6) is 0 Å². The Morgan fingerprint density at radius 2 is 1.86 bits per heavy atom. The minimum atomic E-state index is -0.0564. The van der Waals surface area contributed by atoms with Gasteiger partial charge in [-0.1, -0.05) is 23.7 Å². The van der Waals surface area contributed by atoms with Crippen LogP contribution in [0.2, 0.25) is 5.02 Å². The van der Waals surface area contributed by atoms with Crippen LogP contribution in [0.15, 0.2) is 60.1 Å². The van der Waals surface area contributed by atoms with Gasteiger partial charge in [-0.2, -0.15) is 0 Å². The zero-order chi connectivity index (χ0) is 19.7. The zero-order valence-electron chi connectivity index (χ0n) is 15.5. The fraction of sp³-hybridized carbons (Fsp3) is 0.143. The van der Waals surface area contributed by atoms with E-state index in [0.717, 1.165) is 33.3 Å². The maximum Gasteiger partial charge on any atom is 0.230 e. The molecule has 0 spiro atoms. The number of halogens is 1. The first-order valence-corrected chi connectivity index (χ1v) is 10.0. The second kappa shape index (κ2) is 7.66. The number of fused-ring (bicyclic) bond motifs is 1. The molecule has 2 aromatic heterocycles. The normalized spacial score (nSPS) is 11.0. The number of imidazole rings is 1. The van der Waals surface area contributed by atoms with E-state index in [1.165, 1.54) is 11.3 Å². The summed E-state index contributed by atoms with van der Waals surface area (Å²) in [5.41, 5.74) is 4.65. The first kappa shape index (κ1) is 18.5. The van der Waals surface area contributed by atoms with Crippen molar-refractivity contribution in [3.05, 3.63) is 70.8 Å². The summed E-state index contributed by atoms with van der Waals surface area (Å²) < 4.78 is 1.98. The molecule has 1 N–H and O–H groups in total. The highest BCUT2D eigenvalue weighted by molar-refractivity contribution is 7.15. The molecule has 5 nitrogen and oxygen atoms in total. The second-order valence-corrected chi connectivity index (χ2v) is 7.95. The van der Waals surface area contributed by atoms with Gasteiger partial charge < -0.3 is 10.2 Å². The molecule has 7 heteroatoms. The van der Waals surface area contributed by atoms with Gasteiger partial charge in [-0.25, -0.2) is 4.98 Å². The van der Waals surface area contributed by atoms with Crippen molar-refractivity contribution in [1.29, 1.82) is 0 Å². The second-order valence-electron chi connectivity index (χ2n) is 6.68. The quantitative estimate of drug-likeness (QED) is 0.505. The number of aromatic nitrogens is 2. The van der Waals surface area contributed by atoms with E-state index >= 15 is 0 Å². The molecule has 4 aromatic rings. The van der Waals surface area contributed by atoms with E-state index < -0.39 is 0 Å². The van der Waals surface area contributed by atoms with E-state index in [2.05, 4.69) is 10.3 Å². The zero-order valence-corrected chi connectivity index (χ0v) is 17.1. The molecule has 0 bridgehead atoms. The molecule has 0 radical (unpaired) electrons. The molecule has 0 aliphatic heterocycles. The molecular weight excluding hydrogens is 392 g/mol. The molecule has 0 atom stereocenters. The third-order valence-electron chi connectivity index (χ3n) is 4.43. The smallest absolute Gasteiger partial charge is 0.230 e. The summed E-state index contributed by atoms with van der Waals surface area (Å²) in [6, 6.07) is 15.4. The minimum Gasteiger partial charge on any atom is -0.378 e. The van der Waals surface area contributed by atoms with Gasteiger partial charge in [0.1, 0.15) is 0 Å². The average Bonchev–Trinajstić information content (AvgIpc) is 3.25. The van der Waals surface area contributed by atoms with Crippen LogP contribution < -0.4 is 10.2 Å².